The molecule has 0 amide bonds. The van der Waals surface area contributed by atoms with Crippen molar-refractivity contribution in [3.8, 4) is 0 Å². The lowest BCUT2D eigenvalue weighted by atomic mass is 10.0. The molecule has 2 rings (SSSR count). The van der Waals surface area contributed by atoms with Crippen LogP contribution in [0.4, 0.5) is 0 Å². The first-order valence-electron chi connectivity index (χ1n) is 4.98. The second-order valence-electron chi connectivity index (χ2n) is 3.90. The first-order chi connectivity index (χ1) is 7.08. The number of aryl methyl sites for hydroxylation is 1. The van der Waals surface area contributed by atoms with Gasteiger partial charge in [0, 0.05) is 6.04 Å². The van der Waals surface area contributed by atoms with Crippen LogP contribution >= 0.6 is 0 Å². The van der Waals surface area contributed by atoms with E-state index in [1.165, 1.54) is 0 Å². The minimum absolute atomic E-state index is 0.272. The monoisotopic (exact) mass is 205 g/mol. The van der Waals surface area contributed by atoms with Crippen LogP contribution in [-0.4, -0.2) is 21.1 Å². The van der Waals surface area contributed by atoms with Gasteiger partial charge in [0.25, 0.3) is 0 Å². The van der Waals surface area contributed by atoms with E-state index in [1.807, 2.05) is 25.1 Å². The van der Waals surface area contributed by atoms with E-state index in [9.17, 15) is 5.11 Å². The predicted molar refractivity (Wildman–Crippen MR) is 59.4 cm³/mol. The van der Waals surface area contributed by atoms with E-state index in [4.69, 9.17) is 5.73 Å². The summed E-state index contributed by atoms with van der Waals surface area (Å²) in [7, 11) is 0. The second-order valence-corrected chi connectivity index (χ2v) is 3.90. The van der Waals surface area contributed by atoms with Crippen LogP contribution in [0.1, 0.15) is 24.4 Å². The van der Waals surface area contributed by atoms with Gasteiger partial charge in [-0.3, -0.25) is 0 Å². The zero-order chi connectivity index (χ0) is 11.0. The predicted octanol–water partition coefficient (Wildman–Crippen LogP) is 1.25. The fourth-order valence-corrected chi connectivity index (χ4v) is 1.64. The van der Waals surface area contributed by atoms with Gasteiger partial charge in [0.05, 0.1) is 17.1 Å². The van der Waals surface area contributed by atoms with Crippen molar-refractivity contribution in [2.75, 3.05) is 0 Å². The van der Waals surface area contributed by atoms with E-state index in [0.29, 0.717) is 0 Å². The molecule has 15 heavy (non-hydrogen) atoms. The number of hydrogen-bond acceptors (Lipinski definition) is 3. The Hall–Kier alpha value is -1.39. The zero-order valence-electron chi connectivity index (χ0n) is 8.86. The van der Waals surface area contributed by atoms with E-state index < -0.39 is 6.10 Å². The second kappa shape index (κ2) is 3.64. The van der Waals surface area contributed by atoms with Crippen LogP contribution in [0.15, 0.2) is 18.2 Å². The Morgan fingerprint density at radius 1 is 1.47 bits per heavy atom. The molecule has 1 heterocycles. The van der Waals surface area contributed by atoms with Crippen LogP contribution in [0, 0.1) is 6.92 Å². The Kier molecular flexibility index (Phi) is 2.46. The minimum atomic E-state index is -0.627. The maximum absolute atomic E-state index is 9.80. The van der Waals surface area contributed by atoms with Crippen LogP contribution in [0.2, 0.25) is 0 Å². The molecule has 4 heteroatoms. The Morgan fingerprint density at radius 2 is 2.20 bits per heavy atom. The SMILES string of the molecule is Cc1nc2ccc(C(O)C(C)N)cc2[nH]1. The van der Waals surface area contributed by atoms with E-state index in [0.717, 1.165) is 22.4 Å². The van der Waals surface area contributed by atoms with Gasteiger partial charge < -0.3 is 15.8 Å². The number of fused-ring (bicyclic) bond motifs is 1. The molecule has 0 bridgehead atoms. The number of rotatable bonds is 2. The van der Waals surface area contributed by atoms with Crippen LogP contribution in [0.3, 0.4) is 0 Å². The van der Waals surface area contributed by atoms with Crippen LogP contribution < -0.4 is 5.73 Å². The van der Waals surface area contributed by atoms with E-state index in [2.05, 4.69) is 9.97 Å². The molecule has 4 N–H and O–H groups in total. The molecular weight excluding hydrogens is 190 g/mol. The van der Waals surface area contributed by atoms with Gasteiger partial charge in [-0.05, 0) is 31.5 Å². The first-order valence-corrected chi connectivity index (χ1v) is 4.98. The van der Waals surface area contributed by atoms with Crippen molar-refractivity contribution in [1.82, 2.24) is 9.97 Å². The molecule has 1 aromatic carbocycles. The zero-order valence-corrected chi connectivity index (χ0v) is 8.86. The Bertz CT molecular complexity index is 476. The number of imidazole rings is 1. The first kappa shape index (κ1) is 10.1. The number of benzene rings is 1. The van der Waals surface area contributed by atoms with Gasteiger partial charge in [-0.25, -0.2) is 4.98 Å². The van der Waals surface area contributed by atoms with E-state index >= 15 is 0 Å². The molecule has 0 saturated carbocycles. The van der Waals surface area contributed by atoms with Crippen molar-refractivity contribution in [2.24, 2.45) is 5.73 Å². The molecule has 2 aromatic rings. The number of nitrogens with one attached hydrogen (secondary N) is 1. The normalized spacial score (nSPS) is 15.5. The maximum atomic E-state index is 9.80. The van der Waals surface area contributed by atoms with Gasteiger partial charge in [0.15, 0.2) is 0 Å². The summed E-state index contributed by atoms with van der Waals surface area (Å²) in [4.78, 5) is 7.42. The highest BCUT2D eigenvalue weighted by molar-refractivity contribution is 5.75. The third kappa shape index (κ3) is 1.86. The summed E-state index contributed by atoms with van der Waals surface area (Å²) in [5.41, 5.74) is 8.31. The van der Waals surface area contributed by atoms with Crippen LogP contribution in [0.5, 0.6) is 0 Å². The third-order valence-corrected chi connectivity index (χ3v) is 2.46. The van der Waals surface area contributed by atoms with Crippen molar-refractivity contribution >= 4 is 11.0 Å². The van der Waals surface area contributed by atoms with Crippen molar-refractivity contribution < 1.29 is 5.11 Å². The number of aromatic amines is 1. The number of nitrogens with zero attached hydrogens (tertiary/aromatic N) is 1. The van der Waals surface area contributed by atoms with Gasteiger partial charge in [0.2, 0.25) is 0 Å². The average molecular weight is 205 g/mol. The molecule has 0 radical (unpaired) electrons. The van der Waals surface area contributed by atoms with Gasteiger partial charge >= 0.3 is 0 Å². The summed E-state index contributed by atoms with van der Waals surface area (Å²) in [5.74, 6) is 0.873. The van der Waals surface area contributed by atoms with Crippen molar-refractivity contribution in [3.05, 3.63) is 29.6 Å². The van der Waals surface area contributed by atoms with Crippen molar-refractivity contribution in [2.45, 2.75) is 26.0 Å². The molecule has 0 aliphatic rings. The van der Waals surface area contributed by atoms with Gasteiger partial charge in [-0.2, -0.15) is 0 Å². The van der Waals surface area contributed by atoms with Crippen LogP contribution in [-0.2, 0) is 0 Å². The number of aliphatic hydroxyl groups is 1. The molecule has 0 aliphatic carbocycles. The van der Waals surface area contributed by atoms with Gasteiger partial charge in [-0.15, -0.1) is 0 Å². The number of nitrogens with two attached hydrogens (primary N) is 1. The molecule has 1 aromatic heterocycles. The summed E-state index contributed by atoms with van der Waals surface area (Å²) >= 11 is 0. The highest BCUT2D eigenvalue weighted by Crippen LogP contribution is 2.20. The Balaban J connectivity index is 2.46. The fraction of sp³-hybridized carbons (Fsp3) is 0.364. The summed E-state index contributed by atoms with van der Waals surface area (Å²) in [5, 5.41) is 9.80. The summed E-state index contributed by atoms with van der Waals surface area (Å²) in [6.45, 7) is 3.69. The topological polar surface area (TPSA) is 74.9 Å². The van der Waals surface area contributed by atoms with Crippen molar-refractivity contribution in [1.29, 1.82) is 0 Å². The molecule has 2 atom stereocenters. The molecule has 4 nitrogen and oxygen atoms in total. The summed E-state index contributed by atoms with van der Waals surface area (Å²) in [6.07, 6.45) is -0.627. The van der Waals surface area contributed by atoms with E-state index in [1.54, 1.807) is 6.92 Å². The van der Waals surface area contributed by atoms with Crippen molar-refractivity contribution in [3.63, 3.8) is 0 Å². The summed E-state index contributed by atoms with van der Waals surface area (Å²) < 4.78 is 0. The molecule has 0 aliphatic heterocycles. The summed E-state index contributed by atoms with van der Waals surface area (Å²) in [6, 6.07) is 5.37. The van der Waals surface area contributed by atoms with Gasteiger partial charge in [-0.1, -0.05) is 6.07 Å². The molecule has 2 unspecified atom stereocenters. The standard InChI is InChI=1S/C11H15N3O/c1-6(12)11(15)8-3-4-9-10(5-8)14-7(2)13-9/h3-6,11,15H,12H2,1-2H3,(H,13,14). The number of aliphatic hydroxyl groups excluding tert-OH is 1. The molecular formula is C11H15N3O. The van der Waals surface area contributed by atoms with E-state index in [-0.39, 0.29) is 6.04 Å². The molecule has 80 valence electrons. The number of hydrogen-bond donors (Lipinski definition) is 3. The number of H-pyrrole nitrogens is 1. The molecule has 0 spiro atoms. The highest BCUT2D eigenvalue weighted by atomic mass is 16.3. The smallest absolute Gasteiger partial charge is 0.104 e. The van der Waals surface area contributed by atoms with Gasteiger partial charge in [0.1, 0.15) is 5.82 Å². The fourth-order valence-electron chi connectivity index (χ4n) is 1.64. The largest absolute Gasteiger partial charge is 0.387 e. The Labute approximate surface area is 88.1 Å². The molecule has 0 fully saturated rings. The Morgan fingerprint density at radius 3 is 2.87 bits per heavy atom. The maximum Gasteiger partial charge on any atom is 0.104 e. The van der Waals surface area contributed by atoms with Crippen LogP contribution in [0.25, 0.3) is 11.0 Å². The lowest BCUT2D eigenvalue weighted by molar-refractivity contribution is 0.153. The lowest BCUT2D eigenvalue weighted by Crippen LogP contribution is -2.24. The minimum Gasteiger partial charge on any atom is -0.387 e. The highest BCUT2D eigenvalue weighted by Gasteiger charge is 2.13. The molecule has 0 saturated heterocycles. The average Bonchev–Trinajstić information content (AvgIpc) is 2.55. The number of aromatic nitrogens is 2. The quantitative estimate of drug-likeness (QED) is 0.690. The lowest BCUT2D eigenvalue weighted by Gasteiger charge is -2.14. The third-order valence-electron chi connectivity index (χ3n) is 2.46.